The summed E-state index contributed by atoms with van der Waals surface area (Å²) in [5.74, 6) is 1.79. The number of nitrogens with zero attached hydrogens (tertiary/aromatic N) is 2. The molecule has 2 aromatic rings. The minimum atomic E-state index is 0. The molecule has 2 heterocycles. The molecule has 0 aliphatic carbocycles. The zero-order chi connectivity index (χ0) is 18.9. The van der Waals surface area contributed by atoms with Crippen LogP contribution in [0.3, 0.4) is 0 Å². The van der Waals surface area contributed by atoms with Gasteiger partial charge in [0, 0.05) is 24.0 Å². The summed E-state index contributed by atoms with van der Waals surface area (Å²) < 4.78 is 5.65. The lowest BCUT2D eigenvalue weighted by Gasteiger charge is -2.35. The van der Waals surface area contributed by atoms with Crippen molar-refractivity contribution < 1.29 is 4.74 Å². The Bertz CT molecular complexity index is 717. The molecule has 0 spiro atoms. The number of nitrogens with one attached hydrogen (secondary N) is 2. The van der Waals surface area contributed by atoms with E-state index in [-0.39, 0.29) is 30.0 Å². The van der Waals surface area contributed by atoms with E-state index in [9.17, 15) is 0 Å². The maximum atomic E-state index is 5.65. The topological polar surface area (TPSA) is 48.9 Å². The van der Waals surface area contributed by atoms with Gasteiger partial charge in [0.05, 0.1) is 19.7 Å². The summed E-state index contributed by atoms with van der Waals surface area (Å²) in [5.41, 5.74) is 1.24. The van der Waals surface area contributed by atoms with E-state index in [4.69, 9.17) is 4.74 Å². The van der Waals surface area contributed by atoms with Crippen molar-refractivity contribution in [1.29, 1.82) is 0 Å². The van der Waals surface area contributed by atoms with Crippen molar-refractivity contribution in [3.63, 3.8) is 0 Å². The molecular weight excluding hydrogens is 483 g/mol. The predicted octanol–water partition coefficient (Wildman–Crippen LogP) is 4.27. The molecule has 0 radical (unpaired) electrons. The zero-order valence-electron chi connectivity index (χ0n) is 16.7. The maximum Gasteiger partial charge on any atom is 0.191 e. The van der Waals surface area contributed by atoms with Crippen LogP contribution in [0.25, 0.3) is 0 Å². The first kappa shape index (κ1) is 23.0. The summed E-state index contributed by atoms with van der Waals surface area (Å²) in [6.45, 7) is 3.85. The van der Waals surface area contributed by atoms with Crippen molar-refractivity contribution in [2.45, 2.75) is 31.8 Å². The fraction of sp³-hybridized carbons (Fsp3) is 0.476. The molecule has 0 bridgehead atoms. The molecule has 1 fully saturated rings. The summed E-state index contributed by atoms with van der Waals surface area (Å²) in [4.78, 5) is 8.26. The van der Waals surface area contributed by atoms with Gasteiger partial charge >= 0.3 is 0 Å². The highest BCUT2D eigenvalue weighted by Crippen LogP contribution is 2.30. The molecule has 154 valence electrons. The molecule has 1 unspecified atom stereocenters. The Morgan fingerprint density at radius 2 is 1.93 bits per heavy atom. The minimum Gasteiger partial charge on any atom is -0.496 e. The van der Waals surface area contributed by atoms with Gasteiger partial charge in [0.25, 0.3) is 0 Å². The Morgan fingerprint density at radius 3 is 2.61 bits per heavy atom. The number of methoxy groups -OCH3 is 1. The van der Waals surface area contributed by atoms with Gasteiger partial charge in [0.2, 0.25) is 0 Å². The number of hydrogen-bond donors (Lipinski definition) is 2. The number of para-hydroxylation sites is 1. The van der Waals surface area contributed by atoms with E-state index in [1.165, 1.54) is 29.7 Å². The van der Waals surface area contributed by atoms with Gasteiger partial charge in [0.1, 0.15) is 5.75 Å². The average Bonchev–Trinajstić information content (AvgIpc) is 3.25. The standard InChI is InChI=1S/C21H30N4OS.HI/c1-22-21(23-15-17-9-8-14-27-17)24-16-19(25-12-6-3-7-13-25)18-10-4-5-11-20(18)26-2;/h4-5,8-11,14,19H,3,6-7,12-13,15-16H2,1-2H3,(H2,22,23,24);1H. The average molecular weight is 514 g/mol. The molecule has 1 aromatic heterocycles. The van der Waals surface area contributed by atoms with E-state index >= 15 is 0 Å². The number of hydrogen-bond acceptors (Lipinski definition) is 4. The Labute approximate surface area is 189 Å². The van der Waals surface area contributed by atoms with Gasteiger partial charge in [-0.3, -0.25) is 9.89 Å². The van der Waals surface area contributed by atoms with Crippen LogP contribution in [0.4, 0.5) is 0 Å². The van der Waals surface area contributed by atoms with Gasteiger partial charge in [-0.05, 0) is 43.4 Å². The van der Waals surface area contributed by atoms with Gasteiger partial charge in [-0.2, -0.15) is 0 Å². The smallest absolute Gasteiger partial charge is 0.191 e. The normalized spacial score (nSPS) is 16.1. The number of thiophene rings is 1. The van der Waals surface area contributed by atoms with E-state index < -0.39 is 0 Å². The third-order valence-electron chi connectivity index (χ3n) is 5.03. The van der Waals surface area contributed by atoms with E-state index in [1.54, 1.807) is 18.4 Å². The van der Waals surface area contributed by atoms with E-state index in [2.05, 4.69) is 56.2 Å². The van der Waals surface area contributed by atoms with Crippen LogP contribution in [-0.4, -0.2) is 44.7 Å². The summed E-state index contributed by atoms with van der Waals surface area (Å²) in [6, 6.07) is 12.8. The predicted molar refractivity (Wildman–Crippen MR) is 129 cm³/mol. The molecule has 1 aliphatic heterocycles. The Balaban J connectivity index is 0.00000280. The highest BCUT2D eigenvalue weighted by Gasteiger charge is 2.25. The number of rotatable bonds is 7. The van der Waals surface area contributed by atoms with Crippen LogP contribution in [-0.2, 0) is 6.54 Å². The lowest BCUT2D eigenvalue weighted by molar-refractivity contribution is 0.161. The Hall–Kier alpha value is -1.32. The highest BCUT2D eigenvalue weighted by molar-refractivity contribution is 14.0. The van der Waals surface area contributed by atoms with Crippen LogP contribution in [0.5, 0.6) is 5.75 Å². The van der Waals surface area contributed by atoms with Crippen molar-refractivity contribution in [3.8, 4) is 5.75 Å². The minimum absolute atomic E-state index is 0. The van der Waals surface area contributed by atoms with Gasteiger partial charge in [0.15, 0.2) is 5.96 Å². The summed E-state index contributed by atoms with van der Waals surface area (Å²) in [6.07, 6.45) is 3.85. The maximum absolute atomic E-state index is 5.65. The first-order valence-corrected chi connectivity index (χ1v) is 10.5. The number of halogens is 1. The third-order valence-corrected chi connectivity index (χ3v) is 5.90. The number of aliphatic imine (C=N–C) groups is 1. The van der Waals surface area contributed by atoms with Crippen molar-refractivity contribution in [3.05, 3.63) is 52.2 Å². The fourth-order valence-electron chi connectivity index (χ4n) is 3.61. The van der Waals surface area contributed by atoms with E-state index in [0.29, 0.717) is 0 Å². The van der Waals surface area contributed by atoms with Crippen LogP contribution in [0.15, 0.2) is 46.8 Å². The van der Waals surface area contributed by atoms with Crippen LogP contribution >= 0.6 is 35.3 Å². The lowest BCUT2D eigenvalue weighted by Crippen LogP contribution is -2.44. The van der Waals surface area contributed by atoms with Gasteiger partial charge in [-0.1, -0.05) is 30.7 Å². The number of ether oxygens (including phenoxy) is 1. The summed E-state index contributed by atoms with van der Waals surface area (Å²) >= 11 is 1.75. The molecule has 1 saturated heterocycles. The molecule has 7 heteroatoms. The van der Waals surface area contributed by atoms with Crippen LogP contribution < -0.4 is 15.4 Å². The summed E-state index contributed by atoms with van der Waals surface area (Å²) in [7, 11) is 3.57. The molecule has 1 atom stereocenters. The first-order valence-electron chi connectivity index (χ1n) is 9.65. The van der Waals surface area contributed by atoms with Crippen LogP contribution in [0.1, 0.15) is 35.7 Å². The second-order valence-electron chi connectivity index (χ2n) is 6.74. The SMILES string of the molecule is CN=C(NCc1cccs1)NCC(c1ccccc1OC)N1CCCCC1.I. The fourth-order valence-corrected chi connectivity index (χ4v) is 4.25. The number of likely N-dealkylation sites (tertiary alicyclic amines) is 1. The molecular formula is C21H31IN4OS. The van der Waals surface area contributed by atoms with Gasteiger partial charge in [-0.15, -0.1) is 35.3 Å². The third kappa shape index (κ3) is 6.35. The van der Waals surface area contributed by atoms with Crippen molar-refractivity contribution in [1.82, 2.24) is 15.5 Å². The quantitative estimate of drug-likeness (QED) is 0.329. The zero-order valence-corrected chi connectivity index (χ0v) is 19.8. The van der Waals surface area contributed by atoms with Crippen molar-refractivity contribution >= 4 is 41.3 Å². The van der Waals surface area contributed by atoms with Crippen molar-refractivity contribution in [2.75, 3.05) is 33.8 Å². The molecule has 0 amide bonds. The Kier molecular flexibility index (Phi) is 10.1. The molecule has 1 aliphatic rings. The lowest BCUT2D eigenvalue weighted by atomic mass is 10.0. The second-order valence-corrected chi connectivity index (χ2v) is 7.77. The number of benzene rings is 1. The largest absolute Gasteiger partial charge is 0.496 e. The molecule has 2 N–H and O–H groups in total. The Morgan fingerprint density at radius 1 is 1.14 bits per heavy atom. The molecule has 5 nitrogen and oxygen atoms in total. The monoisotopic (exact) mass is 514 g/mol. The van der Waals surface area contributed by atoms with Crippen LogP contribution in [0, 0.1) is 0 Å². The number of guanidine groups is 1. The molecule has 1 aromatic carbocycles. The van der Waals surface area contributed by atoms with E-state index in [1.807, 2.05) is 13.1 Å². The molecule has 3 rings (SSSR count). The molecule has 28 heavy (non-hydrogen) atoms. The van der Waals surface area contributed by atoms with Crippen LogP contribution in [0.2, 0.25) is 0 Å². The molecule has 0 saturated carbocycles. The first-order chi connectivity index (χ1) is 13.3. The number of piperidine rings is 1. The highest BCUT2D eigenvalue weighted by atomic mass is 127. The second kappa shape index (κ2) is 12.3. The van der Waals surface area contributed by atoms with Gasteiger partial charge in [-0.25, -0.2) is 0 Å². The van der Waals surface area contributed by atoms with E-state index in [0.717, 1.165) is 37.9 Å². The summed E-state index contributed by atoms with van der Waals surface area (Å²) in [5, 5.41) is 9.03. The van der Waals surface area contributed by atoms with Gasteiger partial charge < -0.3 is 15.4 Å². The van der Waals surface area contributed by atoms with Crippen molar-refractivity contribution in [2.24, 2.45) is 4.99 Å².